The average molecular weight is 291 g/mol. The van der Waals surface area contributed by atoms with Crippen LogP contribution in [0.2, 0.25) is 0 Å². The number of carbonyl (C=O) groups is 1. The van der Waals surface area contributed by atoms with Gasteiger partial charge in [-0.1, -0.05) is 13.8 Å². The summed E-state index contributed by atoms with van der Waals surface area (Å²) in [5.41, 5.74) is -1.52. The highest BCUT2D eigenvalue weighted by Gasteiger charge is 2.43. The molecule has 1 aromatic rings. The zero-order valence-electron chi connectivity index (χ0n) is 9.40. The maximum atomic E-state index is 11.2. The summed E-state index contributed by atoms with van der Waals surface area (Å²) in [6.07, 6.45) is 0. The quantitative estimate of drug-likeness (QED) is 0.894. The van der Waals surface area contributed by atoms with Crippen LogP contribution in [0.15, 0.2) is 21.2 Å². The smallest absolute Gasteiger partial charge is 0.310 e. The molecule has 4 nitrogen and oxygen atoms in total. The van der Waals surface area contributed by atoms with Crippen LogP contribution >= 0.6 is 15.9 Å². The Morgan fingerprint density at radius 2 is 2.06 bits per heavy atom. The van der Waals surface area contributed by atoms with Gasteiger partial charge in [0.25, 0.3) is 0 Å². The molecule has 5 heteroatoms. The van der Waals surface area contributed by atoms with Crippen molar-refractivity contribution in [3.05, 3.63) is 22.6 Å². The number of hydrogen-bond acceptors (Lipinski definition) is 3. The van der Waals surface area contributed by atoms with Gasteiger partial charge in [-0.05, 0) is 40.9 Å². The molecule has 0 aliphatic rings. The summed E-state index contributed by atoms with van der Waals surface area (Å²) < 4.78 is 5.70. The molecular formula is C11H15BrO4. The number of aliphatic carboxylic acids is 1. The second kappa shape index (κ2) is 4.59. The van der Waals surface area contributed by atoms with Gasteiger partial charge in [0.2, 0.25) is 0 Å². The van der Waals surface area contributed by atoms with Gasteiger partial charge < -0.3 is 14.6 Å². The third-order valence-electron chi connectivity index (χ3n) is 2.61. The van der Waals surface area contributed by atoms with Crippen molar-refractivity contribution in [3.63, 3.8) is 0 Å². The predicted molar refractivity (Wildman–Crippen MR) is 61.9 cm³/mol. The highest BCUT2D eigenvalue weighted by molar-refractivity contribution is 9.10. The summed E-state index contributed by atoms with van der Waals surface area (Å²) in [7, 11) is 0. The number of aliphatic hydroxyl groups is 1. The van der Waals surface area contributed by atoms with Crippen LogP contribution in [-0.4, -0.2) is 16.2 Å². The van der Waals surface area contributed by atoms with Crippen molar-refractivity contribution in [2.75, 3.05) is 0 Å². The molecule has 0 aliphatic heterocycles. The van der Waals surface area contributed by atoms with Crippen molar-refractivity contribution in [2.24, 2.45) is 11.8 Å². The number of carboxylic acids is 1. The van der Waals surface area contributed by atoms with Crippen molar-refractivity contribution >= 4 is 21.9 Å². The number of carboxylic acid groups (broad SMARTS) is 1. The Morgan fingerprint density at radius 1 is 1.50 bits per heavy atom. The molecular weight excluding hydrogens is 276 g/mol. The minimum Gasteiger partial charge on any atom is -0.481 e. The Hall–Kier alpha value is -0.810. The normalized spacial score (nSPS) is 17.1. The van der Waals surface area contributed by atoms with Crippen LogP contribution in [0, 0.1) is 11.8 Å². The molecule has 2 unspecified atom stereocenters. The van der Waals surface area contributed by atoms with E-state index in [9.17, 15) is 9.90 Å². The van der Waals surface area contributed by atoms with Crippen LogP contribution in [0.3, 0.4) is 0 Å². The Balaban J connectivity index is 3.12. The van der Waals surface area contributed by atoms with Crippen molar-refractivity contribution in [2.45, 2.75) is 26.4 Å². The van der Waals surface area contributed by atoms with E-state index in [4.69, 9.17) is 9.52 Å². The first-order chi connectivity index (χ1) is 7.26. The van der Waals surface area contributed by atoms with E-state index in [0.717, 1.165) is 0 Å². The third kappa shape index (κ3) is 2.47. The van der Waals surface area contributed by atoms with Gasteiger partial charge in [0.1, 0.15) is 11.4 Å². The van der Waals surface area contributed by atoms with Crippen molar-refractivity contribution in [3.8, 4) is 0 Å². The Morgan fingerprint density at radius 3 is 2.38 bits per heavy atom. The van der Waals surface area contributed by atoms with Crippen molar-refractivity contribution < 1.29 is 19.4 Å². The van der Waals surface area contributed by atoms with Crippen LogP contribution in [0.4, 0.5) is 0 Å². The highest BCUT2D eigenvalue weighted by Crippen LogP contribution is 2.36. The number of rotatable bonds is 4. The summed E-state index contributed by atoms with van der Waals surface area (Å²) in [5.74, 6) is -1.89. The molecule has 90 valence electrons. The summed E-state index contributed by atoms with van der Waals surface area (Å²) in [4.78, 5) is 11.2. The fourth-order valence-corrected chi connectivity index (χ4v) is 2.22. The zero-order chi connectivity index (χ0) is 12.5. The van der Waals surface area contributed by atoms with Gasteiger partial charge in [0, 0.05) is 0 Å². The summed E-state index contributed by atoms with van der Waals surface area (Å²) in [5, 5.41) is 19.4. The standard InChI is InChI=1S/C11H15BrO4/c1-6(2)9(10(13)14)11(3,15)7-4-5-8(12)16-7/h4-6,9,15H,1-3H3,(H,13,14). The molecule has 0 fully saturated rings. The fraction of sp³-hybridized carbons (Fsp3) is 0.545. The molecule has 0 radical (unpaired) electrons. The van der Waals surface area contributed by atoms with E-state index in [1.54, 1.807) is 26.0 Å². The maximum Gasteiger partial charge on any atom is 0.310 e. The lowest BCUT2D eigenvalue weighted by Gasteiger charge is -2.30. The third-order valence-corrected chi connectivity index (χ3v) is 3.04. The van der Waals surface area contributed by atoms with Crippen LogP contribution < -0.4 is 0 Å². The van der Waals surface area contributed by atoms with Crippen LogP contribution in [0.5, 0.6) is 0 Å². The predicted octanol–water partition coefficient (Wildman–Crippen LogP) is 2.61. The van der Waals surface area contributed by atoms with E-state index < -0.39 is 17.5 Å². The molecule has 0 bridgehead atoms. The Kier molecular flexibility index (Phi) is 3.80. The fourth-order valence-electron chi connectivity index (χ4n) is 1.91. The molecule has 16 heavy (non-hydrogen) atoms. The first-order valence-electron chi connectivity index (χ1n) is 4.97. The zero-order valence-corrected chi connectivity index (χ0v) is 11.0. The molecule has 1 heterocycles. The minimum atomic E-state index is -1.52. The van der Waals surface area contributed by atoms with Gasteiger partial charge in [0.05, 0.1) is 5.92 Å². The number of halogens is 1. The summed E-state index contributed by atoms with van der Waals surface area (Å²) >= 11 is 3.12. The second-order valence-corrected chi connectivity index (χ2v) is 5.09. The summed E-state index contributed by atoms with van der Waals surface area (Å²) in [6.45, 7) is 4.97. The SMILES string of the molecule is CC(C)C(C(=O)O)C(C)(O)c1ccc(Br)o1. The Labute approximate surface area is 102 Å². The second-order valence-electron chi connectivity index (χ2n) is 4.31. The molecule has 0 spiro atoms. The topological polar surface area (TPSA) is 70.7 Å². The van der Waals surface area contributed by atoms with Gasteiger partial charge in [-0.25, -0.2) is 0 Å². The molecule has 2 N–H and O–H groups in total. The van der Waals surface area contributed by atoms with E-state index in [1.165, 1.54) is 6.92 Å². The van der Waals surface area contributed by atoms with Gasteiger partial charge in [0.15, 0.2) is 4.67 Å². The molecule has 0 aromatic carbocycles. The van der Waals surface area contributed by atoms with Gasteiger partial charge >= 0.3 is 5.97 Å². The molecule has 1 aromatic heterocycles. The van der Waals surface area contributed by atoms with Crippen LogP contribution in [0.25, 0.3) is 0 Å². The van der Waals surface area contributed by atoms with Crippen LogP contribution in [-0.2, 0) is 10.4 Å². The number of hydrogen-bond donors (Lipinski definition) is 2. The van der Waals surface area contributed by atoms with Gasteiger partial charge in [-0.2, -0.15) is 0 Å². The lowest BCUT2D eigenvalue weighted by Crippen LogP contribution is -2.40. The largest absolute Gasteiger partial charge is 0.481 e. The van der Waals surface area contributed by atoms with Crippen molar-refractivity contribution in [1.29, 1.82) is 0 Å². The van der Waals surface area contributed by atoms with E-state index in [-0.39, 0.29) is 11.7 Å². The van der Waals surface area contributed by atoms with Gasteiger partial charge in [-0.15, -0.1) is 0 Å². The van der Waals surface area contributed by atoms with E-state index in [0.29, 0.717) is 4.67 Å². The lowest BCUT2D eigenvalue weighted by atomic mass is 9.79. The van der Waals surface area contributed by atoms with Gasteiger partial charge in [-0.3, -0.25) is 4.79 Å². The average Bonchev–Trinajstić information content (AvgIpc) is 2.49. The minimum absolute atomic E-state index is 0.198. The van der Waals surface area contributed by atoms with Crippen LogP contribution in [0.1, 0.15) is 26.5 Å². The van der Waals surface area contributed by atoms with E-state index >= 15 is 0 Å². The summed E-state index contributed by atoms with van der Waals surface area (Å²) in [6, 6.07) is 3.20. The first kappa shape index (κ1) is 13.3. The maximum absolute atomic E-state index is 11.2. The van der Waals surface area contributed by atoms with Crippen molar-refractivity contribution in [1.82, 2.24) is 0 Å². The Bertz CT molecular complexity index is 381. The van der Waals surface area contributed by atoms with E-state index in [1.807, 2.05) is 0 Å². The molecule has 0 saturated heterocycles. The monoisotopic (exact) mass is 290 g/mol. The first-order valence-corrected chi connectivity index (χ1v) is 5.77. The highest BCUT2D eigenvalue weighted by atomic mass is 79.9. The number of furan rings is 1. The molecule has 2 atom stereocenters. The molecule has 1 rings (SSSR count). The lowest BCUT2D eigenvalue weighted by molar-refractivity contribution is -0.156. The molecule has 0 saturated carbocycles. The molecule has 0 amide bonds. The molecule has 0 aliphatic carbocycles. The van der Waals surface area contributed by atoms with E-state index in [2.05, 4.69) is 15.9 Å².